The number of rotatable bonds is 6. The molecule has 2 aliphatic heterocycles. The molecule has 2 fully saturated rings. The Hall–Kier alpha value is -3.93. The minimum atomic E-state index is -3.69. The van der Waals surface area contributed by atoms with Crippen LogP contribution in [0, 0.1) is 12.7 Å². The normalized spacial score (nSPS) is 17.0. The minimum absolute atomic E-state index is 0.150. The lowest BCUT2D eigenvalue weighted by Gasteiger charge is -2.40. The number of aromatic nitrogens is 3. The summed E-state index contributed by atoms with van der Waals surface area (Å²) in [6, 6.07) is 7.40. The van der Waals surface area contributed by atoms with E-state index in [1.807, 2.05) is 32.6 Å². The number of aromatic amines is 2. The summed E-state index contributed by atoms with van der Waals surface area (Å²) >= 11 is 0. The molecule has 1 amide bonds. The number of nitrogens with two attached hydrogens (primary N) is 1. The monoisotopic (exact) mass is 614 g/mol. The Bertz CT molecular complexity index is 1380. The summed E-state index contributed by atoms with van der Waals surface area (Å²) in [6.45, 7) is 13.3. The molecule has 240 valence electrons. The average molecular weight is 615 g/mol. The predicted molar refractivity (Wildman–Crippen MR) is 169 cm³/mol. The molecule has 0 aliphatic carbocycles. The van der Waals surface area contributed by atoms with Gasteiger partial charge in [0, 0.05) is 42.7 Å². The molecule has 2 aliphatic rings. The number of H-pyrrole nitrogens is 2. The number of halogens is 3. The van der Waals surface area contributed by atoms with Gasteiger partial charge in [-0.25, -0.2) is 14.4 Å². The number of amides is 1. The molecule has 1 aromatic carbocycles. The largest absolute Gasteiger partial charge is 0.382 e. The maximum absolute atomic E-state index is 15.1. The van der Waals surface area contributed by atoms with E-state index in [9.17, 15) is 9.18 Å². The van der Waals surface area contributed by atoms with Crippen LogP contribution in [0.5, 0.6) is 0 Å². The van der Waals surface area contributed by atoms with Crippen LogP contribution in [0.4, 0.5) is 19.0 Å². The van der Waals surface area contributed by atoms with Gasteiger partial charge in [-0.15, -0.1) is 0 Å². The van der Waals surface area contributed by atoms with Crippen molar-refractivity contribution in [1.29, 1.82) is 0 Å². The van der Waals surface area contributed by atoms with Crippen LogP contribution in [0.15, 0.2) is 52.6 Å². The van der Waals surface area contributed by atoms with Gasteiger partial charge in [0.25, 0.3) is 5.91 Å². The first-order chi connectivity index (χ1) is 21.2. The maximum atomic E-state index is 15.1. The van der Waals surface area contributed by atoms with Gasteiger partial charge in [0.15, 0.2) is 17.5 Å². The number of carbonyl (C=O) groups is 1. The summed E-state index contributed by atoms with van der Waals surface area (Å²) in [5, 5.41) is 6.77. The third-order valence-electron chi connectivity index (χ3n) is 7.50. The van der Waals surface area contributed by atoms with Crippen molar-refractivity contribution in [3.05, 3.63) is 70.9 Å². The van der Waals surface area contributed by atoms with E-state index >= 15 is 8.78 Å². The molecule has 2 saturated heterocycles. The fourth-order valence-corrected chi connectivity index (χ4v) is 5.25. The number of amidine groups is 2. The lowest BCUT2D eigenvalue weighted by atomic mass is 9.99. The Balaban J connectivity index is 0.00000127. The van der Waals surface area contributed by atoms with Crippen LogP contribution < -0.4 is 5.73 Å². The molecule has 4 N–H and O–H groups in total. The summed E-state index contributed by atoms with van der Waals surface area (Å²) in [4.78, 5) is 28.9. The second kappa shape index (κ2) is 16.2. The van der Waals surface area contributed by atoms with Crippen LogP contribution in [0.25, 0.3) is 0 Å². The summed E-state index contributed by atoms with van der Waals surface area (Å²) in [6.07, 6.45) is 7.12. The van der Waals surface area contributed by atoms with Crippen molar-refractivity contribution in [3.8, 4) is 0 Å². The maximum Gasteiger partial charge on any atom is 0.329 e. The van der Waals surface area contributed by atoms with Crippen LogP contribution in [0.1, 0.15) is 87.1 Å². The summed E-state index contributed by atoms with van der Waals surface area (Å²) in [5.74, 6) is -5.49. The molecule has 4 heterocycles. The van der Waals surface area contributed by atoms with Crippen molar-refractivity contribution < 1.29 is 18.0 Å². The predicted octanol–water partition coefficient (Wildman–Crippen LogP) is 6.56. The average Bonchev–Trinajstić information content (AvgIpc) is 3.72. The van der Waals surface area contributed by atoms with Crippen molar-refractivity contribution in [2.75, 3.05) is 26.2 Å². The zero-order valence-corrected chi connectivity index (χ0v) is 26.3. The molecule has 0 radical (unpaired) electrons. The molecule has 44 heavy (non-hydrogen) atoms. The number of piperidine rings is 2. The van der Waals surface area contributed by atoms with E-state index in [1.54, 1.807) is 13.0 Å². The van der Waals surface area contributed by atoms with Crippen molar-refractivity contribution in [3.63, 3.8) is 0 Å². The van der Waals surface area contributed by atoms with Gasteiger partial charge in [0.2, 0.25) is 0 Å². The lowest BCUT2D eigenvalue weighted by Crippen LogP contribution is -2.48. The quantitative estimate of drug-likeness (QED) is 0.215. The second-order valence-corrected chi connectivity index (χ2v) is 10.3. The summed E-state index contributed by atoms with van der Waals surface area (Å²) in [5.41, 5.74) is 6.58. The standard InChI is InChI=1S/C28H33F3N8O.2C2H6/c1-18-15-24(37-36-18)34-25(35-27(32)28(30,31)20-5-7-21(29)8-6-20)23-16-19(17-33-23)26(40)39-13-9-22(10-14-39)38-11-3-2-4-12-38;2*1-2/h5-8,15-17,22,33H,2-4,9-14H2,1H3,(H3,32,34,35,36,37);2*1-2H3. The number of nitrogens with zero attached hydrogens (tertiary/aromatic N) is 5. The van der Waals surface area contributed by atoms with Crippen LogP contribution in [-0.4, -0.2) is 74.8 Å². The van der Waals surface area contributed by atoms with E-state index in [1.165, 1.54) is 31.5 Å². The van der Waals surface area contributed by atoms with Gasteiger partial charge in [-0.2, -0.15) is 13.9 Å². The fraction of sp³-hybridized carbons (Fsp3) is 0.500. The van der Waals surface area contributed by atoms with Crippen LogP contribution >= 0.6 is 0 Å². The highest BCUT2D eigenvalue weighted by molar-refractivity contribution is 6.09. The van der Waals surface area contributed by atoms with E-state index in [0.29, 0.717) is 30.4 Å². The number of aliphatic imine (C=N–C) groups is 2. The number of likely N-dealkylation sites (tertiary alicyclic amines) is 2. The third kappa shape index (κ3) is 8.58. The number of alkyl halides is 2. The Morgan fingerprint density at radius 1 is 1.00 bits per heavy atom. The number of hydrogen-bond donors (Lipinski definition) is 3. The van der Waals surface area contributed by atoms with Gasteiger partial charge in [0.1, 0.15) is 5.82 Å². The molecule has 12 heteroatoms. The zero-order valence-electron chi connectivity index (χ0n) is 26.3. The van der Waals surface area contributed by atoms with E-state index in [0.717, 1.165) is 50.2 Å². The van der Waals surface area contributed by atoms with Crippen molar-refractivity contribution >= 4 is 23.4 Å². The number of carbonyl (C=O) groups excluding carboxylic acids is 1. The molecule has 5 rings (SSSR count). The first-order valence-corrected chi connectivity index (χ1v) is 15.5. The van der Waals surface area contributed by atoms with E-state index in [2.05, 4.69) is 30.1 Å². The van der Waals surface area contributed by atoms with Gasteiger partial charge < -0.3 is 20.5 Å². The Morgan fingerprint density at radius 2 is 1.64 bits per heavy atom. The molecule has 2 aromatic heterocycles. The molecule has 0 bridgehead atoms. The molecule has 3 aromatic rings. The van der Waals surface area contributed by atoms with Crippen LogP contribution in [-0.2, 0) is 5.92 Å². The Morgan fingerprint density at radius 3 is 2.23 bits per heavy atom. The number of aryl methyl sites for hydroxylation is 1. The van der Waals surface area contributed by atoms with E-state index < -0.39 is 23.1 Å². The Kier molecular flexibility index (Phi) is 12.7. The smallest absolute Gasteiger partial charge is 0.329 e. The zero-order chi connectivity index (χ0) is 32.3. The van der Waals surface area contributed by atoms with Crippen LogP contribution in [0.2, 0.25) is 0 Å². The fourth-order valence-electron chi connectivity index (χ4n) is 5.25. The van der Waals surface area contributed by atoms with Gasteiger partial charge in [-0.1, -0.05) is 34.1 Å². The number of benzene rings is 1. The second-order valence-electron chi connectivity index (χ2n) is 10.3. The highest BCUT2D eigenvalue weighted by atomic mass is 19.3. The molecule has 0 atom stereocenters. The number of nitrogens with one attached hydrogen (secondary N) is 2. The highest BCUT2D eigenvalue weighted by Crippen LogP contribution is 2.29. The number of hydrogen-bond acceptors (Lipinski definition) is 4. The van der Waals surface area contributed by atoms with Gasteiger partial charge in [-0.3, -0.25) is 9.89 Å². The first kappa shape index (κ1) is 34.6. The molecule has 9 nitrogen and oxygen atoms in total. The van der Waals surface area contributed by atoms with E-state index in [4.69, 9.17) is 5.73 Å². The van der Waals surface area contributed by atoms with Gasteiger partial charge >= 0.3 is 5.92 Å². The topological polar surface area (TPSA) is 119 Å². The van der Waals surface area contributed by atoms with Gasteiger partial charge in [0.05, 0.1) is 11.3 Å². The SMILES string of the molecule is CC.CC.Cc1cc(N=C(N=C(N)C(F)(F)c2ccc(F)cc2)c2cc(C(=O)N3CCC(N4CCCCC4)CC3)c[nH]2)n[nH]1. The van der Waals surface area contributed by atoms with Crippen molar-refractivity contribution in [1.82, 2.24) is 25.0 Å². The molecular formula is C32H45F3N8O. The lowest BCUT2D eigenvalue weighted by molar-refractivity contribution is 0.0590. The van der Waals surface area contributed by atoms with Crippen molar-refractivity contribution in [2.45, 2.75) is 78.7 Å². The molecule has 0 saturated carbocycles. The molecule has 0 unspecified atom stereocenters. The summed E-state index contributed by atoms with van der Waals surface area (Å²) in [7, 11) is 0. The van der Waals surface area contributed by atoms with Gasteiger partial charge in [-0.05, 0) is 76.0 Å². The van der Waals surface area contributed by atoms with Crippen LogP contribution in [0.3, 0.4) is 0 Å². The first-order valence-electron chi connectivity index (χ1n) is 15.5. The Labute approximate surface area is 257 Å². The highest BCUT2D eigenvalue weighted by Gasteiger charge is 2.37. The van der Waals surface area contributed by atoms with E-state index in [-0.39, 0.29) is 23.3 Å². The molecular weight excluding hydrogens is 569 g/mol. The molecule has 0 spiro atoms. The van der Waals surface area contributed by atoms with Crippen molar-refractivity contribution in [2.24, 2.45) is 15.7 Å². The third-order valence-corrected chi connectivity index (χ3v) is 7.50. The minimum Gasteiger partial charge on any atom is -0.382 e. The summed E-state index contributed by atoms with van der Waals surface area (Å²) < 4.78 is 43.5.